The molecule has 0 bridgehead atoms. The highest BCUT2D eigenvalue weighted by Gasteiger charge is 2.05. The fourth-order valence-electron chi connectivity index (χ4n) is 0.438. The zero-order valence-corrected chi connectivity index (χ0v) is 7.02. The minimum absolute atomic E-state index is 0.0807. The quantitative estimate of drug-likeness (QED) is 0.464. The van der Waals surface area contributed by atoms with E-state index < -0.39 is 10.1 Å². The van der Waals surface area contributed by atoms with Crippen LogP contribution in [0.2, 0.25) is 0 Å². The lowest BCUT2D eigenvalue weighted by atomic mass is 10.6. The van der Waals surface area contributed by atoms with Crippen LogP contribution in [-0.2, 0) is 14.3 Å². The summed E-state index contributed by atoms with van der Waals surface area (Å²) in [5.74, 6) is 0.0807. The SMILES string of the molecule is CC=COS(=O)(=O)CCC. The van der Waals surface area contributed by atoms with E-state index in [4.69, 9.17) is 0 Å². The van der Waals surface area contributed by atoms with Crippen LogP contribution in [0.25, 0.3) is 0 Å². The van der Waals surface area contributed by atoms with Crippen molar-refractivity contribution in [1.29, 1.82) is 0 Å². The van der Waals surface area contributed by atoms with Crippen molar-refractivity contribution in [3.8, 4) is 0 Å². The van der Waals surface area contributed by atoms with Crippen LogP contribution in [0.5, 0.6) is 0 Å². The molecule has 0 unspecified atom stereocenters. The Bertz CT molecular complexity index is 191. The summed E-state index contributed by atoms with van der Waals surface area (Å²) in [6.45, 7) is 3.48. The molecule has 0 aromatic carbocycles. The van der Waals surface area contributed by atoms with Gasteiger partial charge in [0.25, 0.3) is 0 Å². The van der Waals surface area contributed by atoms with Gasteiger partial charge in [-0.1, -0.05) is 13.0 Å². The predicted octanol–water partition coefficient (Wildman–Crippen LogP) is 1.28. The van der Waals surface area contributed by atoms with Crippen LogP contribution in [0.4, 0.5) is 0 Å². The van der Waals surface area contributed by atoms with Crippen LogP contribution in [0.1, 0.15) is 20.3 Å². The van der Waals surface area contributed by atoms with E-state index in [0.29, 0.717) is 6.42 Å². The first-order chi connectivity index (χ1) is 4.62. The largest absolute Gasteiger partial charge is 0.391 e. The summed E-state index contributed by atoms with van der Waals surface area (Å²) in [5.41, 5.74) is 0. The smallest absolute Gasteiger partial charge is 0.308 e. The normalized spacial score (nSPS) is 12.2. The van der Waals surface area contributed by atoms with Gasteiger partial charge in [-0.05, 0) is 13.3 Å². The molecule has 0 fully saturated rings. The third-order valence-electron chi connectivity index (χ3n) is 0.792. The molecule has 0 aliphatic carbocycles. The Morgan fingerprint density at radius 3 is 2.50 bits per heavy atom. The van der Waals surface area contributed by atoms with Crippen LogP contribution in [0.3, 0.4) is 0 Å². The van der Waals surface area contributed by atoms with Crippen molar-refractivity contribution in [3.63, 3.8) is 0 Å². The molecule has 0 radical (unpaired) electrons. The lowest BCUT2D eigenvalue weighted by molar-refractivity contribution is 0.442. The van der Waals surface area contributed by atoms with Gasteiger partial charge in [0.1, 0.15) is 6.26 Å². The van der Waals surface area contributed by atoms with E-state index in [-0.39, 0.29) is 5.75 Å². The molecule has 3 nitrogen and oxygen atoms in total. The zero-order chi connectivity index (χ0) is 8.04. The second-order valence-electron chi connectivity index (χ2n) is 1.83. The Balaban J connectivity index is 3.89. The first kappa shape index (κ1) is 9.49. The lowest BCUT2D eigenvalue weighted by Crippen LogP contribution is -2.05. The van der Waals surface area contributed by atoms with Crippen LogP contribution in [0.15, 0.2) is 12.3 Å². The molecule has 0 aromatic heterocycles. The van der Waals surface area contributed by atoms with Crippen molar-refractivity contribution in [1.82, 2.24) is 0 Å². The second kappa shape index (κ2) is 4.33. The monoisotopic (exact) mass is 164 g/mol. The highest BCUT2D eigenvalue weighted by molar-refractivity contribution is 7.86. The highest BCUT2D eigenvalue weighted by atomic mass is 32.2. The maximum Gasteiger partial charge on any atom is 0.308 e. The van der Waals surface area contributed by atoms with Gasteiger partial charge in [0, 0.05) is 0 Å². The summed E-state index contributed by atoms with van der Waals surface area (Å²) >= 11 is 0. The summed E-state index contributed by atoms with van der Waals surface area (Å²) < 4.78 is 25.8. The molecule has 60 valence electrons. The molecule has 0 heterocycles. The number of rotatable bonds is 4. The van der Waals surface area contributed by atoms with Gasteiger partial charge < -0.3 is 4.18 Å². The molecule has 0 amide bonds. The molecule has 4 heteroatoms. The van der Waals surface area contributed by atoms with E-state index in [1.807, 2.05) is 0 Å². The van der Waals surface area contributed by atoms with Crippen molar-refractivity contribution in [2.75, 3.05) is 5.75 Å². The van der Waals surface area contributed by atoms with Gasteiger partial charge in [-0.15, -0.1) is 0 Å². The Labute approximate surface area is 61.8 Å². The van der Waals surface area contributed by atoms with Gasteiger partial charge in [-0.2, -0.15) is 8.42 Å². The standard InChI is InChI=1S/C6H12O3S/c1-3-5-9-10(7,8)6-4-2/h3,5H,4,6H2,1-2H3. The topological polar surface area (TPSA) is 43.4 Å². The first-order valence-corrected chi connectivity index (χ1v) is 4.72. The van der Waals surface area contributed by atoms with Gasteiger partial charge in [-0.25, -0.2) is 0 Å². The Hall–Kier alpha value is -0.510. The minimum Gasteiger partial charge on any atom is -0.391 e. The third kappa shape index (κ3) is 4.38. The molecular weight excluding hydrogens is 152 g/mol. The molecule has 0 N–H and O–H groups in total. The summed E-state index contributed by atoms with van der Waals surface area (Å²) in [6.07, 6.45) is 3.29. The summed E-state index contributed by atoms with van der Waals surface area (Å²) in [4.78, 5) is 0. The number of hydrogen-bond donors (Lipinski definition) is 0. The Morgan fingerprint density at radius 2 is 2.10 bits per heavy atom. The van der Waals surface area contributed by atoms with E-state index in [9.17, 15) is 8.42 Å². The number of hydrogen-bond acceptors (Lipinski definition) is 3. The fourth-order valence-corrected chi connectivity index (χ4v) is 1.31. The van der Waals surface area contributed by atoms with Crippen molar-refractivity contribution >= 4 is 10.1 Å². The minimum atomic E-state index is -3.28. The van der Waals surface area contributed by atoms with E-state index in [0.717, 1.165) is 0 Å². The molecule has 0 rings (SSSR count). The highest BCUT2D eigenvalue weighted by Crippen LogP contribution is 1.95. The number of allylic oxidation sites excluding steroid dienone is 1. The predicted molar refractivity (Wildman–Crippen MR) is 40.0 cm³/mol. The van der Waals surface area contributed by atoms with Crippen molar-refractivity contribution in [2.45, 2.75) is 20.3 Å². The van der Waals surface area contributed by atoms with Gasteiger partial charge in [0.05, 0.1) is 5.75 Å². The molecule has 0 spiro atoms. The zero-order valence-electron chi connectivity index (χ0n) is 6.20. The third-order valence-corrected chi connectivity index (χ3v) is 2.10. The average molecular weight is 164 g/mol. The Kier molecular flexibility index (Phi) is 4.11. The van der Waals surface area contributed by atoms with Gasteiger partial charge >= 0.3 is 10.1 Å². The Morgan fingerprint density at radius 1 is 1.50 bits per heavy atom. The summed E-state index contributed by atoms with van der Waals surface area (Å²) in [6, 6.07) is 0. The van der Waals surface area contributed by atoms with E-state index >= 15 is 0 Å². The molecule has 0 aromatic rings. The fraction of sp³-hybridized carbons (Fsp3) is 0.667. The van der Waals surface area contributed by atoms with Crippen molar-refractivity contribution < 1.29 is 12.6 Å². The average Bonchev–Trinajstić information content (AvgIpc) is 1.84. The van der Waals surface area contributed by atoms with Crippen molar-refractivity contribution in [3.05, 3.63) is 12.3 Å². The van der Waals surface area contributed by atoms with Crippen molar-refractivity contribution in [2.24, 2.45) is 0 Å². The first-order valence-electron chi connectivity index (χ1n) is 3.14. The molecule has 0 aliphatic rings. The molecule has 0 atom stereocenters. The van der Waals surface area contributed by atoms with E-state index in [1.165, 1.54) is 12.3 Å². The van der Waals surface area contributed by atoms with Gasteiger partial charge in [0.2, 0.25) is 0 Å². The van der Waals surface area contributed by atoms with E-state index in [1.54, 1.807) is 13.8 Å². The molecule has 0 saturated carbocycles. The molecular formula is C6H12O3S. The van der Waals surface area contributed by atoms with Crippen LogP contribution >= 0.6 is 0 Å². The van der Waals surface area contributed by atoms with Gasteiger partial charge in [-0.3, -0.25) is 0 Å². The molecule has 10 heavy (non-hydrogen) atoms. The molecule has 0 aliphatic heterocycles. The van der Waals surface area contributed by atoms with Gasteiger partial charge in [0.15, 0.2) is 0 Å². The van der Waals surface area contributed by atoms with Crippen LogP contribution < -0.4 is 0 Å². The van der Waals surface area contributed by atoms with E-state index in [2.05, 4.69) is 4.18 Å². The maximum atomic E-state index is 10.7. The second-order valence-corrected chi connectivity index (χ2v) is 3.54. The summed E-state index contributed by atoms with van der Waals surface area (Å²) in [7, 11) is -3.28. The van der Waals surface area contributed by atoms with Crippen LogP contribution in [-0.4, -0.2) is 14.2 Å². The van der Waals surface area contributed by atoms with Crippen LogP contribution in [0, 0.1) is 0 Å². The lowest BCUT2D eigenvalue weighted by Gasteiger charge is -1.98. The molecule has 0 saturated heterocycles. The summed E-state index contributed by atoms with van der Waals surface area (Å²) in [5, 5.41) is 0. The maximum absolute atomic E-state index is 10.7.